The molecule has 1 aliphatic rings. The van der Waals surface area contributed by atoms with Gasteiger partial charge in [0.1, 0.15) is 5.92 Å². The number of nitrogens with zero attached hydrogens (tertiary/aromatic N) is 1. The third-order valence-corrected chi connectivity index (χ3v) is 4.36. The van der Waals surface area contributed by atoms with Crippen molar-refractivity contribution in [3.63, 3.8) is 0 Å². The Balaban J connectivity index is 1.88. The second-order valence-electron chi connectivity index (χ2n) is 5.32. The number of halogens is 1. The van der Waals surface area contributed by atoms with Gasteiger partial charge in [-0.1, -0.05) is 19.1 Å². The van der Waals surface area contributed by atoms with Crippen LogP contribution >= 0.6 is 15.9 Å². The Bertz CT molecular complexity index is 536. The summed E-state index contributed by atoms with van der Waals surface area (Å²) in [5.41, 5.74) is 0.826. The van der Waals surface area contributed by atoms with Crippen molar-refractivity contribution in [3.05, 3.63) is 28.7 Å². The number of amides is 2. The minimum Gasteiger partial charge on any atom is -0.354 e. The first-order valence-corrected chi connectivity index (χ1v) is 8.48. The van der Waals surface area contributed by atoms with Gasteiger partial charge in [0.05, 0.1) is 5.69 Å². The van der Waals surface area contributed by atoms with Crippen LogP contribution in [0.25, 0.3) is 0 Å². The highest BCUT2D eigenvalue weighted by atomic mass is 79.9. The van der Waals surface area contributed by atoms with E-state index in [1.807, 2.05) is 24.3 Å². The molecule has 120 valence electrons. The van der Waals surface area contributed by atoms with Crippen molar-refractivity contribution in [3.8, 4) is 0 Å². The Kier molecular flexibility index (Phi) is 6.39. The second kappa shape index (κ2) is 8.29. The zero-order chi connectivity index (χ0) is 15.9. The van der Waals surface area contributed by atoms with Gasteiger partial charge < -0.3 is 15.5 Å². The predicted octanol–water partition coefficient (Wildman–Crippen LogP) is 1.92. The molecule has 1 aromatic carbocycles. The van der Waals surface area contributed by atoms with E-state index < -0.39 is 5.92 Å². The number of para-hydroxylation sites is 1. The summed E-state index contributed by atoms with van der Waals surface area (Å²) in [7, 11) is 0. The summed E-state index contributed by atoms with van der Waals surface area (Å²) in [5, 5.41) is 6.06. The standard InChI is InChI=1S/C16H22BrN3O2/c1-2-8-18-9-10-19-15(21)12-7-11-20(16(12)22)14-6-4-3-5-13(14)17/h3-6,12,18H,2,7-11H2,1H3,(H,19,21). The first kappa shape index (κ1) is 17.0. The van der Waals surface area contributed by atoms with E-state index in [-0.39, 0.29) is 11.8 Å². The highest BCUT2D eigenvalue weighted by molar-refractivity contribution is 9.10. The number of nitrogens with one attached hydrogen (secondary N) is 2. The molecule has 0 saturated carbocycles. The van der Waals surface area contributed by atoms with E-state index in [9.17, 15) is 9.59 Å². The molecule has 2 amide bonds. The molecule has 1 atom stereocenters. The summed E-state index contributed by atoms with van der Waals surface area (Å²) in [6.45, 7) is 4.90. The Labute approximate surface area is 139 Å². The summed E-state index contributed by atoms with van der Waals surface area (Å²) >= 11 is 3.45. The zero-order valence-corrected chi connectivity index (χ0v) is 14.4. The quantitative estimate of drug-likeness (QED) is 0.571. The van der Waals surface area contributed by atoms with Gasteiger partial charge in [0.15, 0.2) is 0 Å². The first-order valence-electron chi connectivity index (χ1n) is 7.69. The molecule has 5 nitrogen and oxygen atoms in total. The van der Waals surface area contributed by atoms with Crippen molar-refractivity contribution >= 4 is 33.4 Å². The maximum Gasteiger partial charge on any atom is 0.239 e. The lowest BCUT2D eigenvalue weighted by Crippen LogP contribution is -2.39. The topological polar surface area (TPSA) is 61.4 Å². The van der Waals surface area contributed by atoms with Crippen LogP contribution in [0.2, 0.25) is 0 Å². The van der Waals surface area contributed by atoms with E-state index in [1.54, 1.807) is 4.90 Å². The molecule has 0 spiro atoms. The molecule has 0 aromatic heterocycles. The third-order valence-electron chi connectivity index (χ3n) is 3.69. The molecule has 1 aliphatic heterocycles. The number of carbonyl (C=O) groups is 2. The molecule has 1 fully saturated rings. The van der Waals surface area contributed by atoms with Crippen LogP contribution in [-0.4, -0.2) is 38.0 Å². The van der Waals surface area contributed by atoms with Crippen LogP contribution in [-0.2, 0) is 9.59 Å². The fourth-order valence-electron chi connectivity index (χ4n) is 2.53. The van der Waals surface area contributed by atoms with Crippen LogP contribution in [0.5, 0.6) is 0 Å². The highest BCUT2D eigenvalue weighted by Crippen LogP contribution is 2.31. The maximum atomic E-state index is 12.5. The monoisotopic (exact) mass is 367 g/mol. The van der Waals surface area contributed by atoms with E-state index >= 15 is 0 Å². The van der Waals surface area contributed by atoms with Gasteiger partial charge in [-0.05, 0) is 47.4 Å². The van der Waals surface area contributed by atoms with Gasteiger partial charge in [0, 0.05) is 24.1 Å². The van der Waals surface area contributed by atoms with Gasteiger partial charge in [0.2, 0.25) is 11.8 Å². The number of carbonyl (C=O) groups excluding carboxylic acids is 2. The molecule has 1 unspecified atom stereocenters. The lowest BCUT2D eigenvalue weighted by molar-refractivity contribution is -0.132. The average Bonchev–Trinajstić information content (AvgIpc) is 2.89. The van der Waals surface area contributed by atoms with E-state index in [4.69, 9.17) is 0 Å². The van der Waals surface area contributed by atoms with Gasteiger partial charge in [-0.3, -0.25) is 9.59 Å². The summed E-state index contributed by atoms with van der Waals surface area (Å²) in [5.74, 6) is -0.859. The Morgan fingerprint density at radius 2 is 2.09 bits per heavy atom. The van der Waals surface area contributed by atoms with Crippen LogP contribution in [0.1, 0.15) is 19.8 Å². The van der Waals surface area contributed by atoms with E-state index in [2.05, 4.69) is 33.5 Å². The fourth-order valence-corrected chi connectivity index (χ4v) is 3.03. The molecule has 2 rings (SSSR count). The molecule has 0 bridgehead atoms. The van der Waals surface area contributed by atoms with Gasteiger partial charge in [-0.2, -0.15) is 0 Å². The van der Waals surface area contributed by atoms with Gasteiger partial charge in [0.25, 0.3) is 0 Å². The molecular formula is C16H22BrN3O2. The smallest absolute Gasteiger partial charge is 0.239 e. The number of hydrogen-bond acceptors (Lipinski definition) is 3. The summed E-state index contributed by atoms with van der Waals surface area (Å²) in [6, 6.07) is 7.58. The van der Waals surface area contributed by atoms with Crippen LogP contribution in [0, 0.1) is 5.92 Å². The minimum atomic E-state index is -0.571. The fraction of sp³-hybridized carbons (Fsp3) is 0.500. The van der Waals surface area contributed by atoms with Crippen LogP contribution in [0.15, 0.2) is 28.7 Å². The molecule has 22 heavy (non-hydrogen) atoms. The molecule has 2 N–H and O–H groups in total. The number of rotatable bonds is 7. The number of benzene rings is 1. The molecule has 0 aliphatic carbocycles. The minimum absolute atomic E-state index is 0.120. The largest absolute Gasteiger partial charge is 0.354 e. The summed E-state index contributed by atoms with van der Waals surface area (Å²) in [4.78, 5) is 26.3. The second-order valence-corrected chi connectivity index (χ2v) is 6.18. The Morgan fingerprint density at radius 3 is 2.82 bits per heavy atom. The molecular weight excluding hydrogens is 346 g/mol. The summed E-state index contributed by atoms with van der Waals surface area (Å²) in [6.07, 6.45) is 1.63. The van der Waals surface area contributed by atoms with Gasteiger partial charge in [-0.25, -0.2) is 0 Å². The van der Waals surface area contributed by atoms with E-state index in [1.165, 1.54) is 0 Å². The van der Waals surface area contributed by atoms with Gasteiger partial charge in [-0.15, -0.1) is 0 Å². The lowest BCUT2D eigenvalue weighted by Gasteiger charge is -2.18. The highest BCUT2D eigenvalue weighted by Gasteiger charge is 2.37. The molecule has 1 aromatic rings. The van der Waals surface area contributed by atoms with Crippen molar-refractivity contribution in [2.75, 3.05) is 31.1 Å². The van der Waals surface area contributed by atoms with Crippen molar-refractivity contribution in [1.82, 2.24) is 10.6 Å². The SMILES string of the molecule is CCCNCCNC(=O)C1CCN(c2ccccc2Br)C1=O. The van der Waals surface area contributed by atoms with E-state index in [0.29, 0.717) is 19.5 Å². The van der Waals surface area contributed by atoms with Crippen LogP contribution in [0.4, 0.5) is 5.69 Å². The van der Waals surface area contributed by atoms with Crippen molar-refractivity contribution in [2.45, 2.75) is 19.8 Å². The number of hydrogen-bond donors (Lipinski definition) is 2. The zero-order valence-electron chi connectivity index (χ0n) is 12.8. The summed E-state index contributed by atoms with van der Waals surface area (Å²) < 4.78 is 0.869. The lowest BCUT2D eigenvalue weighted by atomic mass is 10.1. The third kappa shape index (κ3) is 4.08. The van der Waals surface area contributed by atoms with Crippen LogP contribution < -0.4 is 15.5 Å². The Morgan fingerprint density at radius 1 is 1.32 bits per heavy atom. The van der Waals surface area contributed by atoms with Crippen LogP contribution in [0.3, 0.4) is 0 Å². The van der Waals surface area contributed by atoms with Gasteiger partial charge >= 0.3 is 0 Å². The molecule has 1 saturated heterocycles. The predicted molar refractivity (Wildman–Crippen MR) is 90.8 cm³/mol. The molecule has 0 radical (unpaired) electrons. The average molecular weight is 368 g/mol. The van der Waals surface area contributed by atoms with Crippen molar-refractivity contribution < 1.29 is 9.59 Å². The molecule has 1 heterocycles. The first-order chi connectivity index (χ1) is 10.6. The van der Waals surface area contributed by atoms with E-state index in [0.717, 1.165) is 29.7 Å². The number of anilines is 1. The Hall–Kier alpha value is -1.40. The maximum absolute atomic E-state index is 12.5. The van der Waals surface area contributed by atoms with Crippen molar-refractivity contribution in [1.29, 1.82) is 0 Å². The van der Waals surface area contributed by atoms with Crippen molar-refractivity contribution in [2.24, 2.45) is 5.92 Å². The molecule has 6 heteroatoms. The normalized spacial score (nSPS) is 17.8.